The quantitative estimate of drug-likeness (QED) is 0.0839. The molecule has 16 heteroatoms. The molecule has 1 rings (SSSR count). The molecule has 0 spiro atoms. The Morgan fingerprint density at radius 1 is 0.892 bits per heavy atom. The van der Waals surface area contributed by atoms with Crippen LogP contribution in [0, 0.1) is 0 Å². The second-order valence-electron chi connectivity index (χ2n) is 8.37. The van der Waals surface area contributed by atoms with Gasteiger partial charge in [-0.1, -0.05) is 0 Å². The highest BCUT2D eigenvalue weighted by molar-refractivity contribution is 5.96. The molecule has 0 aliphatic carbocycles. The van der Waals surface area contributed by atoms with Crippen LogP contribution in [0.15, 0.2) is 12.5 Å². The zero-order chi connectivity index (χ0) is 28.0. The van der Waals surface area contributed by atoms with Gasteiger partial charge < -0.3 is 49.0 Å². The van der Waals surface area contributed by atoms with Crippen LogP contribution in [0.2, 0.25) is 0 Å². The van der Waals surface area contributed by atoms with Crippen molar-refractivity contribution in [2.24, 2.45) is 22.9 Å². The molecular formula is C21H35N9O7. The van der Waals surface area contributed by atoms with Crippen molar-refractivity contribution in [2.75, 3.05) is 6.54 Å². The summed E-state index contributed by atoms with van der Waals surface area (Å²) in [6.45, 7) is 0.323. The fraction of sp³-hybridized carbons (Fsp3) is 0.571. The number of H-pyrrole nitrogens is 1. The number of carbonyl (C=O) groups excluding carboxylic acids is 5. The van der Waals surface area contributed by atoms with Gasteiger partial charge in [0.25, 0.3) is 0 Å². The summed E-state index contributed by atoms with van der Waals surface area (Å²) in [5.74, 6) is -5.44. The third-order valence-electron chi connectivity index (χ3n) is 5.25. The monoisotopic (exact) mass is 525 g/mol. The first-order valence-corrected chi connectivity index (χ1v) is 11.6. The number of carboxylic acids is 1. The second-order valence-corrected chi connectivity index (χ2v) is 8.37. The van der Waals surface area contributed by atoms with Crippen molar-refractivity contribution in [3.63, 3.8) is 0 Å². The number of rotatable bonds is 18. The molecule has 0 bridgehead atoms. The summed E-state index contributed by atoms with van der Waals surface area (Å²) in [5, 5.41) is 16.6. The standard InChI is InChI=1S/C21H35N9O7/c22-6-2-1-3-13(19(34)30-15(21(36)37)7-11-9-26-10-27-11)28-20(35)14(8-17(25)32)29-18(33)12(23)4-5-16(24)31/h9-10,12-15H,1-8,22-23H2,(H2,24,31)(H2,25,32)(H,26,27)(H,28,35)(H,29,33)(H,30,34)(H,36,37). The molecule has 0 saturated carbocycles. The number of nitrogens with one attached hydrogen (secondary N) is 4. The van der Waals surface area contributed by atoms with Gasteiger partial charge in [-0.05, 0) is 32.2 Å². The van der Waals surface area contributed by atoms with E-state index in [-0.39, 0.29) is 25.7 Å². The van der Waals surface area contributed by atoms with E-state index < -0.39 is 66.1 Å². The molecular weight excluding hydrogens is 490 g/mol. The molecule has 5 amide bonds. The van der Waals surface area contributed by atoms with E-state index in [1.54, 1.807) is 0 Å². The summed E-state index contributed by atoms with van der Waals surface area (Å²) in [6.07, 6.45) is 2.84. The Balaban J connectivity index is 2.97. The minimum atomic E-state index is -1.48. The van der Waals surface area contributed by atoms with Crippen LogP contribution in [0.3, 0.4) is 0 Å². The number of primary amides is 2. The highest BCUT2D eigenvalue weighted by Gasteiger charge is 2.31. The van der Waals surface area contributed by atoms with Crippen molar-refractivity contribution in [3.8, 4) is 0 Å². The number of carbonyl (C=O) groups is 6. The van der Waals surface area contributed by atoms with Gasteiger partial charge in [0.15, 0.2) is 0 Å². The lowest BCUT2D eigenvalue weighted by molar-refractivity contribution is -0.142. The molecule has 4 atom stereocenters. The molecule has 1 aromatic rings. The molecule has 13 N–H and O–H groups in total. The molecule has 1 aromatic heterocycles. The van der Waals surface area contributed by atoms with Crippen molar-refractivity contribution >= 4 is 35.5 Å². The number of hydrogen-bond donors (Lipinski definition) is 9. The molecule has 0 saturated heterocycles. The van der Waals surface area contributed by atoms with Crippen LogP contribution >= 0.6 is 0 Å². The average Bonchev–Trinajstić information content (AvgIpc) is 3.33. The molecule has 37 heavy (non-hydrogen) atoms. The Morgan fingerprint density at radius 2 is 1.51 bits per heavy atom. The number of aromatic amines is 1. The van der Waals surface area contributed by atoms with Crippen molar-refractivity contribution in [1.29, 1.82) is 0 Å². The Hall–Kier alpha value is -4.05. The Kier molecular flexibility index (Phi) is 13.3. The lowest BCUT2D eigenvalue weighted by atomic mass is 10.0. The molecule has 0 aliphatic heterocycles. The van der Waals surface area contributed by atoms with E-state index in [1.165, 1.54) is 12.5 Å². The molecule has 0 aliphatic rings. The van der Waals surface area contributed by atoms with E-state index in [9.17, 15) is 33.9 Å². The first kappa shape index (κ1) is 31.0. The van der Waals surface area contributed by atoms with Crippen LogP contribution in [0.5, 0.6) is 0 Å². The van der Waals surface area contributed by atoms with Crippen LogP contribution < -0.4 is 38.9 Å². The average molecular weight is 526 g/mol. The van der Waals surface area contributed by atoms with E-state index >= 15 is 0 Å². The number of nitrogens with zero attached hydrogens (tertiary/aromatic N) is 1. The zero-order valence-electron chi connectivity index (χ0n) is 20.3. The number of hydrogen-bond acceptors (Lipinski definition) is 9. The number of amides is 5. The maximum atomic E-state index is 13.0. The highest BCUT2D eigenvalue weighted by atomic mass is 16.4. The second kappa shape index (κ2) is 15.8. The number of imidazole rings is 1. The summed E-state index contributed by atoms with van der Waals surface area (Å²) in [4.78, 5) is 78.9. The topological polar surface area (TPSA) is 292 Å². The Bertz CT molecular complexity index is 939. The van der Waals surface area contributed by atoms with E-state index in [4.69, 9.17) is 22.9 Å². The lowest BCUT2D eigenvalue weighted by Gasteiger charge is -2.25. The molecule has 0 fully saturated rings. The molecule has 16 nitrogen and oxygen atoms in total. The predicted molar refractivity (Wildman–Crippen MR) is 129 cm³/mol. The number of unbranched alkanes of at least 4 members (excludes halogenated alkanes) is 1. The molecule has 4 unspecified atom stereocenters. The van der Waals surface area contributed by atoms with Crippen LogP contribution in [0.25, 0.3) is 0 Å². The predicted octanol–water partition coefficient (Wildman–Crippen LogP) is -3.91. The SMILES string of the molecule is NCCCCC(NC(=O)C(CC(N)=O)NC(=O)C(N)CCC(N)=O)C(=O)NC(Cc1cnc[nH]1)C(=O)O. The van der Waals surface area contributed by atoms with Gasteiger partial charge in [-0.15, -0.1) is 0 Å². The Morgan fingerprint density at radius 3 is 2.05 bits per heavy atom. The summed E-state index contributed by atoms with van der Waals surface area (Å²) < 4.78 is 0. The third kappa shape index (κ3) is 12.0. The molecule has 206 valence electrons. The summed E-state index contributed by atoms with van der Waals surface area (Å²) in [5.41, 5.74) is 21.9. The van der Waals surface area contributed by atoms with E-state index in [0.29, 0.717) is 25.1 Å². The zero-order valence-corrected chi connectivity index (χ0v) is 20.3. The maximum absolute atomic E-state index is 13.0. The normalized spacial score (nSPS) is 14.0. The first-order valence-electron chi connectivity index (χ1n) is 11.6. The lowest BCUT2D eigenvalue weighted by Crippen LogP contribution is -2.58. The van der Waals surface area contributed by atoms with Crippen molar-refractivity contribution in [3.05, 3.63) is 18.2 Å². The number of carboxylic acid groups (broad SMARTS) is 1. The van der Waals surface area contributed by atoms with Gasteiger partial charge >= 0.3 is 5.97 Å². The van der Waals surface area contributed by atoms with Crippen molar-refractivity contribution in [1.82, 2.24) is 25.9 Å². The van der Waals surface area contributed by atoms with Gasteiger partial charge in [0.05, 0.1) is 18.8 Å². The van der Waals surface area contributed by atoms with Crippen LogP contribution in [-0.2, 0) is 35.2 Å². The van der Waals surface area contributed by atoms with E-state index in [0.717, 1.165) is 0 Å². The van der Waals surface area contributed by atoms with Gasteiger partial charge in [-0.25, -0.2) is 9.78 Å². The maximum Gasteiger partial charge on any atom is 0.326 e. The molecule has 0 radical (unpaired) electrons. The van der Waals surface area contributed by atoms with Gasteiger partial charge in [0, 0.05) is 24.7 Å². The van der Waals surface area contributed by atoms with Gasteiger partial charge in [0.2, 0.25) is 29.5 Å². The van der Waals surface area contributed by atoms with Gasteiger partial charge in [-0.3, -0.25) is 24.0 Å². The Labute approximate surface area is 212 Å². The number of aliphatic carboxylic acids is 1. The fourth-order valence-electron chi connectivity index (χ4n) is 3.24. The smallest absolute Gasteiger partial charge is 0.326 e. The largest absolute Gasteiger partial charge is 0.480 e. The fourth-order valence-corrected chi connectivity index (χ4v) is 3.24. The van der Waals surface area contributed by atoms with Crippen LogP contribution in [-0.4, -0.2) is 81.3 Å². The van der Waals surface area contributed by atoms with E-state index in [1.807, 2.05) is 0 Å². The summed E-state index contributed by atoms with van der Waals surface area (Å²) >= 11 is 0. The summed E-state index contributed by atoms with van der Waals surface area (Å²) in [6, 6.07) is -5.21. The molecule has 1 heterocycles. The minimum Gasteiger partial charge on any atom is -0.480 e. The van der Waals surface area contributed by atoms with Crippen molar-refractivity contribution < 1.29 is 33.9 Å². The van der Waals surface area contributed by atoms with Gasteiger partial charge in [-0.2, -0.15) is 0 Å². The highest BCUT2D eigenvalue weighted by Crippen LogP contribution is 2.06. The number of aromatic nitrogens is 2. The van der Waals surface area contributed by atoms with Crippen LogP contribution in [0.1, 0.15) is 44.2 Å². The molecule has 0 aromatic carbocycles. The third-order valence-corrected chi connectivity index (χ3v) is 5.25. The number of nitrogens with two attached hydrogens (primary N) is 4. The van der Waals surface area contributed by atoms with Gasteiger partial charge in [0.1, 0.15) is 18.1 Å². The van der Waals surface area contributed by atoms with E-state index in [2.05, 4.69) is 25.9 Å². The minimum absolute atomic E-state index is 0.0892. The summed E-state index contributed by atoms with van der Waals surface area (Å²) in [7, 11) is 0. The van der Waals surface area contributed by atoms with Crippen molar-refractivity contribution in [2.45, 2.75) is 69.1 Å². The van der Waals surface area contributed by atoms with Crippen LogP contribution in [0.4, 0.5) is 0 Å². The first-order chi connectivity index (χ1) is 17.4.